The molecular weight excluding hydrogens is 323 g/mol. The number of aromatic nitrogens is 1. The summed E-state index contributed by atoms with van der Waals surface area (Å²) in [7, 11) is 0. The van der Waals surface area contributed by atoms with Crippen LogP contribution in [0.5, 0.6) is 5.75 Å². The molecule has 0 saturated carbocycles. The third kappa shape index (κ3) is 3.93. The number of benzene rings is 1. The van der Waals surface area contributed by atoms with Gasteiger partial charge in [0.15, 0.2) is 0 Å². The summed E-state index contributed by atoms with van der Waals surface area (Å²) in [4.78, 5) is 4.30. The topological polar surface area (TPSA) is 34.2 Å². The summed E-state index contributed by atoms with van der Waals surface area (Å²) in [5.74, 6) is 1.14. The van der Waals surface area contributed by atoms with Crippen LogP contribution < -0.4 is 10.1 Å². The van der Waals surface area contributed by atoms with Gasteiger partial charge in [-0.25, -0.2) is 9.37 Å². The van der Waals surface area contributed by atoms with Crippen molar-refractivity contribution in [1.82, 2.24) is 4.98 Å². The molecule has 0 aliphatic rings. The van der Waals surface area contributed by atoms with Crippen LogP contribution in [0.2, 0.25) is 0 Å². The third-order valence-electron chi connectivity index (χ3n) is 2.72. The van der Waals surface area contributed by atoms with Crippen LogP contribution in [0.1, 0.15) is 18.9 Å². The monoisotopic (exact) mass is 338 g/mol. The van der Waals surface area contributed by atoms with Crippen molar-refractivity contribution < 1.29 is 9.13 Å². The molecule has 0 fully saturated rings. The van der Waals surface area contributed by atoms with Gasteiger partial charge in [-0.3, -0.25) is 0 Å². The predicted octanol–water partition coefficient (Wildman–Crippen LogP) is 4.38. The molecule has 0 amide bonds. The smallest absolute Gasteiger partial charge is 0.137 e. The highest BCUT2D eigenvalue weighted by Crippen LogP contribution is 2.23. The minimum Gasteiger partial charge on any atom is -0.489 e. The molecule has 1 N–H and O–H groups in total. The second-order valence-corrected chi connectivity index (χ2v) is 5.16. The fourth-order valence-corrected chi connectivity index (χ4v) is 2.04. The number of hydrogen-bond acceptors (Lipinski definition) is 3. The van der Waals surface area contributed by atoms with Gasteiger partial charge in [0, 0.05) is 18.3 Å². The van der Waals surface area contributed by atoms with Crippen molar-refractivity contribution in [3.63, 3.8) is 0 Å². The standard InChI is InChI=1S/C15H16BrFN2O/c1-2-7-18-15-11(4-3-8-19-15)10-20-12-5-6-14(17)13(16)9-12/h3-6,8-9H,2,7,10H2,1H3,(H,18,19). The van der Waals surface area contributed by atoms with E-state index in [4.69, 9.17) is 4.74 Å². The van der Waals surface area contributed by atoms with Crippen LogP contribution in [-0.4, -0.2) is 11.5 Å². The van der Waals surface area contributed by atoms with E-state index in [0.717, 1.165) is 24.3 Å². The molecule has 5 heteroatoms. The number of rotatable bonds is 6. The van der Waals surface area contributed by atoms with E-state index < -0.39 is 0 Å². The van der Waals surface area contributed by atoms with Gasteiger partial charge in [-0.05, 0) is 46.6 Å². The van der Waals surface area contributed by atoms with Crippen molar-refractivity contribution in [2.45, 2.75) is 20.0 Å². The minimum absolute atomic E-state index is 0.302. The Bertz CT molecular complexity index is 578. The number of pyridine rings is 1. The summed E-state index contributed by atoms with van der Waals surface area (Å²) >= 11 is 3.14. The number of hydrogen-bond donors (Lipinski definition) is 1. The lowest BCUT2D eigenvalue weighted by atomic mass is 10.2. The first-order valence-corrected chi connectivity index (χ1v) is 7.25. The second-order valence-electron chi connectivity index (χ2n) is 4.30. The molecule has 2 aromatic rings. The molecular formula is C15H16BrFN2O. The van der Waals surface area contributed by atoms with Gasteiger partial charge < -0.3 is 10.1 Å². The van der Waals surface area contributed by atoms with E-state index in [1.165, 1.54) is 6.07 Å². The molecule has 0 radical (unpaired) electrons. The average Bonchev–Trinajstić information content (AvgIpc) is 2.47. The average molecular weight is 339 g/mol. The number of nitrogens with one attached hydrogen (secondary N) is 1. The van der Waals surface area contributed by atoms with E-state index in [1.54, 1.807) is 18.3 Å². The Morgan fingerprint density at radius 2 is 2.20 bits per heavy atom. The summed E-state index contributed by atoms with van der Waals surface area (Å²) in [6, 6.07) is 8.43. The van der Waals surface area contributed by atoms with Gasteiger partial charge in [-0.2, -0.15) is 0 Å². The summed E-state index contributed by atoms with van der Waals surface area (Å²) < 4.78 is 19.2. The van der Waals surface area contributed by atoms with Crippen molar-refractivity contribution in [3.05, 3.63) is 52.4 Å². The van der Waals surface area contributed by atoms with Crippen LogP contribution in [-0.2, 0) is 6.61 Å². The minimum atomic E-state index is -0.302. The highest BCUT2D eigenvalue weighted by Gasteiger charge is 2.05. The van der Waals surface area contributed by atoms with Crippen molar-refractivity contribution >= 4 is 21.7 Å². The molecule has 20 heavy (non-hydrogen) atoms. The number of nitrogens with zero attached hydrogens (tertiary/aromatic N) is 1. The van der Waals surface area contributed by atoms with Crippen molar-refractivity contribution in [1.29, 1.82) is 0 Å². The van der Waals surface area contributed by atoms with E-state index in [9.17, 15) is 4.39 Å². The van der Waals surface area contributed by atoms with Crippen LogP contribution in [0.4, 0.5) is 10.2 Å². The number of anilines is 1. The largest absolute Gasteiger partial charge is 0.489 e. The van der Waals surface area contributed by atoms with Crippen LogP contribution in [0.15, 0.2) is 41.0 Å². The maximum atomic E-state index is 13.1. The zero-order valence-corrected chi connectivity index (χ0v) is 12.8. The maximum Gasteiger partial charge on any atom is 0.137 e. The third-order valence-corrected chi connectivity index (χ3v) is 3.33. The summed E-state index contributed by atoms with van der Waals surface area (Å²) in [5, 5.41) is 3.26. The van der Waals surface area contributed by atoms with Gasteiger partial charge in [0.05, 0.1) is 4.47 Å². The quantitative estimate of drug-likeness (QED) is 0.848. The lowest BCUT2D eigenvalue weighted by Gasteiger charge is -2.11. The molecule has 0 saturated heterocycles. The molecule has 1 aromatic carbocycles. The first-order valence-electron chi connectivity index (χ1n) is 6.46. The maximum absolute atomic E-state index is 13.1. The van der Waals surface area contributed by atoms with E-state index in [-0.39, 0.29) is 5.82 Å². The Kier molecular flexibility index (Phi) is 5.35. The number of halogens is 2. The van der Waals surface area contributed by atoms with Gasteiger partial charge in [-0.1, -0.05) is 13.0 Å². The van der Waals surface area contributed by atoms with Crippen molar-refractivity contribution in [3.8, 4) is 5.75 Å². The van der Waals surface area contributed by atoms with Gasteiger partial charge >= 0.3 is 0 Å². The van der Waals surface area contributed by atoms with Gasteiger partial charge in [0.2, 0.25) is 0 Å². The van der Waals surface area contributed by atoms with E-state index in [1.807, 2.05) is 12.1 Å². The van der Waals surface area contributed by atoms with E-state index >= 15 is 0 Å². The molecule has 0 aliphatic carbocycles. The summed E-state index contributed by atoms with van der Waals surface area (Å²) in [6.45, 7) is 3.35. The van der Waals surface area contributed by atoms with Crippen molar-refractivity contribution in [2.75, 3.05) is 11.9 Å². The van der Waals surface area contributed by atoms with E-state index in [0.29, 0.717) is 16.8 Å². The first kappa shape index (κ1) is 14.8. The van der Waals surface area contributed by atoms with Crippen LogP contribution in [0, 0.1) is 5.82 Å². The molecule has 0 unspecified atom stereocenters. The van der Waals surface area contributed by atoms with Gasteiger partial charge in [-0.15, -0.1) is 0 Å². The molecule has 3 nitrogen and oxygen atoms in total. The number of ether oxygens (including phenoxy) is 1. The Balaban J connectivity index is 2.04. The molecule has 0 spiro atoms. The van der Waals surface area contributed by atoms with Crippen LogP contribution in [0.3, 0.4) is 0 Å². The van der Waals surface area contributed by atoms with Gasteiger partial charge in [0.25, 0.3) is 0 Å². The zero-order chi connectivity index (χ0) is 14.4. The fourth-order valence-electron chi connectivity index (χ4n) is 1.69. The second kappa shape index (κ2) is 7.24. The van der Waals surface area contributed by atoms with E-state index in [2.05, 4.69) is 33.2 Å². The summed E-state index contributed by atoms with van der Waals surface area (Å²) in [6.07, 6.45) is 2.78. The molecule has 2 rings (SSSR count). The van der Waals surface area contributed by atoms with Crippen LogP contribution >= 0.6 is 15.9 Å². The van der Waals surface area contributed by atoms with Crippen molar-refractivity contribution in [2.24, 2.45) is 0 Å². The molecule has 0 atom stereocenters. The predicted molar refractivity (Wildman–Crippen MR) is 81.4 cm³/mol. The Hall–Kier alpha value is -1.62. The lowest BCUT2D eigenvalue weighted by molar-refractivity contribution is 0.305. The molecule has 0 aliphatic heterocycles. The highest BCUT2D eigenvalue weighted by atomic mass is 79.9. The summed E-state index contributed by atoms with van der Waals surface area (Å²) in [5.41, 5.74) is 0.974. The zero-order valence-electron chi connectivity index (χ0n) is 11.2. The van der Waals surface area contributed by atoms with Crippen LogP contribution in [0.25, 0.3) is 0 Å². The lowest BCUT2D eigenvalue weighted by Crippen LogP contribution is -2.07. The Morgan fingerprint density at radius 1 is 1.35 bits per heavy atom. The Morgan fingerprint density at radius 3 is 2.95 bits per heavy atom. The fraction of sp³-hybridized carbons (Fsp3) is 0.267. The molecule has 1 aromatic heterocycles. The highest BCUT2D eigenvalue weighted by molar-refractivity contribution is 9.10. The SMILES string of the molecule is CCCNc1ncccc1COc1ccc(F)c(Br)c1. The normalized spacial score (nSPS) is 10.3. The van der Waals surface area contributed by atoms with Gasteiger partial charge in [0.1, 0.15) is 24.0 Å². The first-order chi connectivity index (χ1) is 9.70. The molecule has 1 heterocycles. The molecule has 106 valence electrons. The molecule has 0 bridgehead atoms. The Labute approximate surface area is 126 Å².